The maximum absolute atomic E-state index is 12.0. The van der Waals surface area contributed by atoms with Crippen molar-refractivity contribution in [3.63, 3.8) is 0 Å². The van der Waals surface area contributed by atoms with E-state index in [2.05, 4.69) is 5.32 Å². The fraction of sp³-hybridized carbons (Fsp3) is 0.500. The van der Waals surface area contributed by atoms with Gasteiger partial charge in [0, 0.05) is 27.3 Å². The Labute approximate surface area is 119 Å². The standard InChI is InChI=1S/C14H23N3O3/c1-19-9-7-17(8-10-20-2)11-14(18)16-13-6-4-3-5-12(13)15/h3-6H,7-11,15H2,1-2H3,(H,16,18). The lowest BCUT2D eigenvalue weighted by atomic mass is 10.2. The number of hydrogen-bond acceptors (Lipinski definition) is 5. The number of carbonyl (C=O) groups excluding carboxylic acids is 1. The second-order valence-electron chi connectivity index (χ2n) is 4.40. The molecule has 112 valence electrons. The van der Waals surface area contributed by atoms with Gasteiger partial charge in [0.25, 0.3) is 0 Å². The van der Waals surface area contributed by atoms with Crippen LogP contribution in [0.5, 0.6) is 0 Å². The van der Waals surface area contributed by atoms with E-state index in [-0.39, 0.29) is 12.5 Å². The number of ether oxygens (including phenoxy) is 2. The molecule has 0 radical (unpaired) electrons. The first kappa shape index (κ1) is 16.4. The van der Waals surface area contributed by atoms with Gasteiger partial charge < -0.3 is 20.5 Å². The Kier molecular flexibility index (Phi) is 7.64. The van der Waals surface area contributed by atoms with E-state index in [0.717, 1.165) is 0 Å². The number of carbonyl (C=O) groups is 1. The molecule has 0 heterocycles. The number of nitrogen functional groups attached to an aromatic ring is 1. The average molecular weight is 281 g/mol. The minimum absolute atomic E-state index is 0.102. The smallest absolute Gasteiger partial charge is 0.238 e. The first-order chi connectivity index (χ1) is 9.67. The lowest BCUT2D eigenvalue weighted by Gasteiger charge is -2.21. The molecule has 0 aliphatic rings. The third-order valence-corrected chi connectivity index (χ3v) is 2.83. The lowest BCUT2D eigenvalue weighted by Crippen LogP contribution is -2.37. The Hall–Kier alpha value is -1.63. The maximum atomic E-state index is 12.0. The zero-order valence-electron chi connectivity index (χ0n) is 12.1. The predicted molar refractivity (Wildman–Crippen MR) is 79.7 cm³/mol. The molecule has 0 spiro atoms. The molecule has 0 fully saturated rings. The number of benzene rings is 1. The average Bonchev–Trinajstić information content (AvgIpc) is 2.44. The van der Waals surface area contributed by atoms with Gasteiger partial charge in [-0.15, -0.1) is 0 Å². The fourth-order valence-corrected chi connectivity index (χ4v) is 1.71. The summed E-state index contributed by atoms with van der Waals surface area (Å²) < 4.78 is 10.1. The quantitative estimate of drug-likeness (QED) is 0.655. The van der Waals surface area contributed by atoms with E-state index in [0.29, 0.717) is 37.7 Å². The molecule has 6 nitrogen and oxygen atoms in total. The molecule has 1 aromatic carbocycles. The monoisotopic (exact) mass is 281 g/mol. The van der Waals surface area contributed by atoms with Crippen molar-refractivity contribution in [2.24, 2.45) is 0 Å². The van der Waals surface area contributed by atoms with E-state index >= 15 is 0 Å². The van der Waals surface area contributed by atoms with Crippen LogP contribution in [0.4, 0.5) is 11.4 Å². The molecule has 1 aromatic rings. The zero-order valence-corrected chi connectivity index (χ0v) is 12.1. The molecule has 6 heteroatoms. The van der Waals surface area contributed by atoms with Crippen LogP contribution >= 0.6 is 0 Å². The Bertz CT molecular complexity index is 404. The molecular formula is C14H23N3O3. The van der Waals surface area contributed by atoms with Gasteiger partial charge in [0.1, 0.15) is 0 Å². The normalized spacial score (nSPS) is 10.8. The van der Waals surface area contributed by atoms with E-state index in [4.69, 9.17) is 15.2 Å². The van der Waals surface area contributed by atoms with Crippen molar-refractivity contribution in [2.45, 2.75) is 0 Å². The number of para-hydroxylation sites is 2. The lowest BCUT2D eigenvalue weighted by molar-refractivity contribution is -0.117. The number of anilines is 2. The topological polar surface area (TPSA) is 76.8 Å². The summed E-state index contributed by atoms with van der Waals surface area (Å²) in [5.74, 6) is -0.102. The van der Waals surface area contributed by atoms with Crippen molar-refractivity contribution < 1.29 is 14.3 Å². The van der Waals surface area contributed by atoms with Gasteiger partial charge in [0.15, 0.2) is 0 Å². The van der Waals surface area contributed by atoms with Crippen molar-refractivity contribution in [3.8, 4) is 0 Å². The van der Waals surface area contributed by atoms with Crippen LogP contribution in [0, 0.1) is 0 Å². The molecule has 0 unspecified atom stereocenters. The number of rotatable bonds is 9. The van der Waals surface area contributed by atoms with Crippen LogP contribution in [0.25, 0.3) is 0 Å². The molecule has 0 aromatic heterocycles. The van der Waals surface area contributed by atoms with Crippen LogP contribution in [0.1, 0.15) is 0 Å². The number of nitrogens with zero attached hydrogens (tertiary/aromatic N) is 1. The third-order valence-electron chi connectivity index (χ3n) is 2.83. The van der Waals surface area contributed by atoms with Crippen molar-refractivity contribution >= 4 is 17.3 Å². The van der Waals surface area contributed by atoms with Gasteiger partial charge in [-0.1, -0.05) is 12.1 Å². The molecule has 0 saturated carbocycles. The third kappa shape index (κ3) is 6.01. The SMILES string of the molecule is COCCN(CCOC)CC(=O)Nc1ccccc1N. The number of methoxy groups -OCH3 is 2. The minimum atomic E-state index is -0.102. The van der Waals surface area contributed by atoms with Crippen molar-refractivity contribution in [3.05, 3.63) is 24.3 Å². The highest BCUT2D eigenvalue weighted by Crippen LogP contribution is 2.16. The first-order valence-corrected chi connectivity index (χ1v) is 6.52. The molecule has 3 N–H and O–H groups in total. The predicted octanol–water partition coefficient (Wildman–Crippen LogP) is 0.802. The molecular weight excluding hydrogens is 258 g/mol. The van der Waals surface area contributed by atoms with Crippen LogP contribution in [0.15, 0.2) is 24.3 Å². The second kappa shape index (κ2) is 9.30. The Morgan fingerprint density at radius 3 is 2.35 bits per heavy atom. The van der Waals surface area contributed by atoms with E-state index in [1.807, 2.05) is 17.0 Å². The highest BCUT2D eigenvalue weighted by Gasteiger charge is 2.11. The van der Waals surface area contributed by atoms with Crippen LogP contribution in [0.2, 0.25) is 0 Å². The van der Waals surface area contributed by atoms with Crippen LogP contribution in [0.3, 0.4) is 0 Å². The first-order valence-electron chi connectivity index (χ1n) is 6.52. The number of nitrogens with one attached hydrogen (secondary N) is 1. The van der Waals surface area contributed by atoms with Crippen molar-refractivity contribution in [1.29, 1.82) is 0 Å². The summed E-state index contributed by atoms with van der Waals surface area (Å²) >= 11 is 0. The summed E-state index contributed by atoms with van der Waals surface area (Å²) in [4.78, 5) is 14.0. The molecule has 1 amide bonds. The molecule has 0 aliphatic carbocycles. The highest BCUT2D eigenvalue weighted by atomic mass is 16.5. The van der Waals surface area contributed by atoms with Crippen molar-refractivity contribution in [1.82, 2.24) is 4.90 Å². The molecule has 1 rings (SSSR count). The van der Waals surface area contributed by atoms with E-state index in [1.165, 1.54) is 0 Å². The Morgan fingerprint density at radius 1 is 1.20 bits per heavy atom. The summed E-state index contributed by atoms with van der Waals surface area (Å²) in [6, 6.07) is 7.19. The van der Waals surface area contributed by atoms with E-state index in [1.54, 1.807) is 26.4 Å². The zero-order chi connectivity index (χ0) is 14.8. The van der Waals surface area contributed by atoms with Crippen LogP contribution < -0.4 is 11.1 Å². The summed E-state index contributed by atoms with van der Waals surface area (Å²) in [6.45, 7) is 2.78. The maximum Gasteiger partial charge on any atom is 0.238 e. The van der Waals surface area contributed by atoms with Gasteiger partial charge in [-0.05, 0) is 12.1 Å². The Morgan fingerprint density at radius 2 is 1.80 bits per heavy atom. The second-order valence-corrected chi connectivity index (χ2v) is 4.40. The highest BCUT2D eigenvalue weighted by molar-refractivity contribution is 5.95. The van der Waals surface area contributed by atoms with Gasteiger partial charge in [0.05, 0.1) is 31.1 Å². The molecule has 0 aliphatic heterocycles. The van der Waals surface area contributed by atoms with Gasteiger partial charge >= 0.3 is 0 Å². The Balaban J connectivity index is 2.50. The number of hydrogen-bond donors (Lipinski definition) is 2. The summed E-state index contributed by atoms with van der Waals surface area (Å²) in [7, 11) is 3.28. The van der Waals surface area contributed by atoms with Crippen LogP contribution in [-0.4, -0.2) is 57.9 Å². The summed E-state index contributed by atoms with van der Waals surface area (Å²) in [6.07, 6.45) is 0. The summed E-state index contributed by atoms with van der Waals surface area (Å²) in [5.41, 5.74) is 6.98. The van der Waals surface area contributed by atoms with Crippen LogP contribution in [-0.2, 0) is 14.3 Å². The molecule has 20 heavy (non-hydrogen) atoms. The van der Waals surface area contributed by atoms with Gasteiger partial charge in [-0.3, -0.25) is 9.69 Å². The fourth-order valence-electron chi connectivity index (χ4n) is 1.71. The van der Waals surface area contributed by atoms with Crippen molar-refractivity contribution in [2.75, 3.05) is 58.1 Å². The largest absolute Gasteiger partial charge is 0.397 e. The molecule has 0 saturated heterocycles. The van der Waals surface area contributed by atoms with Gasteiger partial charge in [-0.25, -0.2) is 0 Å². The molecule has 0 atom stereocenters. The number of amides is 1. The number of nitrogens with two attached hydrogens (primary N) is 1. The van der Waals surface area contributed by atoms with E-state index in [9.17, 15) is 4.79 Å². The molecule has 0 bridgehead atoms. The van der Waals surface area contributed by atoms with Gasteiger partial charge in [-0.2, -0.15) is 0 Å². The minimum Gasteiger partial charge on any atom is -0.397 e. The van der Waals surface area contributed by atoms with E-state index < -0.39 is 0 Å². The van der Waals surface area contributed by atoms with Gasteiger partial charge in [0.2, 0.25) is 5.91 Å². The summed E-state index contributed by atoms with van der Waals surface area (Å²) in [5, 5.41) is 2.81.